The maximum absolute atomic E-state index is 10.4. The van der Waals surface area contributed by atoms with Gasteiger partial charge in [0.15, 0.2) is 0 Å². The van der Waals surface area contributed by atoms with Gasteiger partial charge in [-0.05, 0) is 25.8 Å². The van der Waals surface area contributed by atoms with Crippen molar-refractivity contribution in [3.63, 3.8) is 0 Å². The maximum Gasteiger partial charge on any atom is 0.115 e. The van der Waals surface area contributed by atoms with Crippen LogP contribution in [0.4, 0.5) is 0 Å². The molecule has 0 spiro atoms. The first-order valence-electron chi connectivity index (χ1n) is 8.16. The largest absolute Gasteiger partial charge is 0.390 e. The average molecular weight is 306 g/mol. The second kappa shape index (κ2) is 7.00. The highest BCUT2D eigenvalue weighted by molar-refractivity contribution is 5.18. The van der Waals surface area contributed by atoms with Crippen LogP contribution in [0.25, 0.3) is 0 Å². The zero-order valence-corrected chi connectivity index (χ0v) is 13.5. The van der Waals surface area contributed by atoms with Crippen molar-refractivity contribution < 1.29 is 9.84 Å². The summed E-state index contributed by atoms with van der Waals surface area (Å²) in [5.41, 5.74) is 2.34. The summed E-state index contributed by atoms with van der Waals surface area (Å²) in [4.78, 5) is 13.0. The lowest BCUT2D eigenvalue weighted by Crippen LogP contribution is -2.50. The maximum atomic E-state index is 10.4. The predicted molar refractivity (Wildman–Crippen MR) is 83.5 cm³/mol. The number of aromatic nitrogens is 2. The standard InChI is InChI=1S/C16H26N4O2/c1-12-6-20(7-13(2)22-12)9-15(21)8-19-4-3-14-5-17-11-18-16(14)10-19/h5,11-13,15,21H,3-4,6-10H2,1-2H3/t12-,13+,15-/m1/s1. The Hall–Kier alpha value is -1.08. The number of hydrogen-bond donors (Lipinski definition) is 1. The number of rotatable bonds is 4. The summed E-state index contributed by atoms with van der Waals surface area (Å²) in [6.07, 6.45) is 4.64. The Labute approximate surface area is 132 Å². The average Bonchev–Trinajstić information content (AvgIpc) is 2.45. The number of hydrogen-bond acceptors (Lipinski definition) is 6. The molecule has 0 aromatic carbocycles. The normalized spacial score (nSPS) is 28.3. The van der Waals surface area contributed by atoms with Crippen molar-refractivity contribution in [2.45, 2.75) is 45.1 Å². The number of β-amino-alcohol motifs (C(OH)–C–C–N with tert-alkyl or cyclic N) is 1. The van der Waals surface area contributed by atoms with Gasteiger partial charge in [0, 0.05) is 45.5 Å². The lowest BCUT2D eigenvalue weighted by Gasteiger charge is -2.37. The van der Waals surface area contributed by atoms with Gasteiger partial charge in [-0.3, -0.25) is 9.80 Å². The molecule has 0 bridgehead atoms. The van der Waals surface area contributed by atoms with Crippen LogP contribution in [0.5, 0.6) is 0 Å². The van der Waals surface area contributed by atoms with E-state index < -0.39 is 0 Å². The van der Waals surface area contributed by atoms with Crippen molar-refractivity contribution >= 4 is 0 Å². The fourth-order valence-electron chi connectivity index (χ4n) is 3.55. The van der Waals surface area contributed by atoms with Crippen LogP contribution >= 0.6 is 0 Å². The van der Waals surface area contributed by atoms with E-state index >= 15 is 0 Å². The SMILES string of the molecule is C[C@@H]1CN(C[C@H](O)CN2CCc3cncnc3C2)C[C@H](C)O1. The van der Waals surface area contributed by atoms with Crippen LogP contribution in [0.2, 0.25) is 0 Å². The lowest BCUT2D eigenvalue weighted by atomic mass is 10.1. The van der Waals surface area contributed by atoms with E-state index in [1.165, 1.54) is 5.56 Å². The number of aliphatic hydroxyl groups excluding tert-OH is 1. The molecule has 0 saturated carbocycles. The number of fused-ring (bicyclic) bond motifs is 1. The molecule has 3 rings (SSSR count). The Morgan fingerprint density at radius 3 is 2.77 bits per heavy atom. The van der Waals surface area contributed by atoms with Crippen LogP contribution in [-0.2, 0) is 17.7 Å². The molecule has 1 N–H and O–H groups in total. The van der Waals surface area contributed by atoms with Crippen molar-refractivity contribution in [3.8, 4) is 0 Å². The highest BCUT2D eigenvalue weighted by Gasteiger charge is 2.25. The molecule has 2 aliphatic heterocycles. The number of aliphatic hydroxyl groups is 1. The Balaban J connectivity index is 1.49. The summed E-state index contributed by atoms with van der Waals surface area (Å²) in [7, 11) is 0. The Morgan fingerprint density at radius 1 is 1.27 bits per heavy atom. The van der Waals surface area contributed by atoms with Crippen LogP contribution in [0.3, 0.4) is 0 Å². The van der Waals surface area contributed by atoms with Crippen LogP contribution in [0.1, 0.15) is 25.1 Å². The number of nitrogens with zero attached hydrogens (tertiary/aromatic N) is 4. The van der Waals surface area contributed by atoms with Gasteiger partial charge >= 0.3 is 0 Å². The molecule has 0 unspecified atom stereocenters. The molecular formula is C16H26N4O2. The molecule has 3 heterocycles. The summed E-state index contributed by atoms with van der Waals surface area (Å²) in [5, 5.41) is 10.4. The van der Waals surface area contributed by atoms with Crippen LogP contribution in [0, 0.1) is 0 Å². The van der Waals surface area contributed by atoms with E-state index in [2.05, 4.69) is 33.6 Å². The summed E-state index contributed by atoms with van der Waals surface area (Å²) in [5.74, 6) is 0. The first kappa shape index (κ1) is 15.8. The summed E-state index contributed by atoms with van der Waals surface area (Å²) in [6.45, 7) is 9.18. The Bertz CT molecular complexity index is 489. The highest BCUT2D eigenvalue weighted by Crippen LogP contribution is 2.16. The Morgan fingerprint density at radius 2 is 2.00 bits per heavy atom. The summed E-state index contributed by atoms with van der Waals surface area (Å²) < 4.78 is 5.74. The minimum Gasteiger partial charge on any atom is -0.390 e. The molecular weight excluding hydrogens is 280 g/mol. The minimum atomic E-state index is -0.333. The zero-order chi connectivity index (χ0) is 15.5. The second-order valence-corrected chi connectivity index (χ2v) is 6.61. The van der Waals surface area contributed by atoms with E-state index in [9.17, 15) is 5.11 Å². The lowest BCUT2D eigenvalue weighted by molar-refractivity contribution is -0.0782. The number of ether oxygens (including phenoxy) is 1. The van der Waals surface area contributed by atoms with Crippen LogP contribution in [0.15, 0.2) is 12.5 Å². The molecule has 2 aliphatic rings. The molecule has 1 saturated heterocycles. The summed E-state index contributed by atoms with van der Waals surface area (Å²) in [6, 6.07) is 0. The van der Waals surface area contributed by atoms with Crippen molar-refractivity contribution in [1.82, 2.24) is 19.8 Å². The minimum absolute atomic E-state index is 0.245. The van der Waals surface area contributed by atoms with Crippen molar-refractivity contribution in [2.75, 3.05) is 32.7 Å². The molecule has 0 radical (unpaired) electrons. The van der Waals surface area contributed by atoms with Gasteiger partial charge in [0.1, 0.15) is 6.33 Å². The molecule has 122 valence electrons. The molecule has 22 heavy (non-hydrogen) atoms. The van der Waals surface area contributed by atoms with Gasteiger partial charge in [-0.1, -0.05) is 0 Å². The third kappa shape index (κ3) is 4.01. The smallest absolute Gasteiger partial charge is 0.115 e. The van der Waals surface area contributed by atoms with Gasteiger partial charge in [-0.2, -0.15) is 0 Å². The van der Waals surface area contributed by atoms with Gasteiger partial charge in [0.25, 0.3) is 0 Å². The molecule has 0 amide bonds. The van der Waals surface area contributed by atoms with Gasteiger partial charge < -0.3 is 9.84 Å². The van der Waals surface area contributed by atoms with E-state index in [4.69, 9.17) is 4.74 Å². The predicted octanol–water partition coefficient (Wildman–Crippen LogP) is 0.305. The molecule has 1 aromatic rings. The van der Waals surface area contributed by atoms with Gasteiger partial charge in [0.05, 0.1) is 24.0 Å². The van der Waals surface area contributed by atoms with Crippen molar-refractivity contribution in [1.29, 1.82) is 0 Å². The highest BCUT2D eigenvalue weighted by atomic mass is 16.5. The molecule has 1 aromatic heterocycles. The molecule has 3 atom stereocenters. The van der Waals surface area contributed by atoms with Crippen LogP contribution in [-0.4, -0.2) is 75.9 Å². The van der Waals surface area contributed by atoms with Crippen molar-refractivity contribution in [3.05, 3.63) is 23.8 Å². The van der Waals surface area contributed by atoms with E-state index in [1.807, 2.05) is 6.20 Å². The fraction of sp³-hybridized carbons (Fsp3) is 0.750. The van der Waals surface area contributed by atoms with E-state index in [-0.39, 0.29) is 18.3 Å². The molecule has 1 fully saturated rings. The van der Waals surface area contributed by atoms with Crippen molar-refractivity contribution in [2.24, 2.45) is 0 Å². The first-order chi connectivity index (χ1) is 10.6. The Kier molecular flexibility index (Phi) is 5.03. The second-order valence-electron chi connectivity index (χ2n) is 6.61. The van der Waals surface area contributed by atoms with Gasteiger partial charge in [0.2, 0.25) is 0 Å². The van der Waals surface area contributed by atoms with Gasteiger partial charge in [-0.15, -0.1) is 0 Å². The first-order valence-corrected chi connectivity index (χ1v) is 8.16. The third-order valence-corrected chi connectivity index (χ3v) is 4.39. The molecule has 6 heteroatoms. The van der Waals surface area contributed by atoms with E-state index in [0.29, 0.717) is 13.1 Å². The quantitative estimate of drug-likeness (QED) is 0.863. The zero-order valence-electron chi connectivity index (χ0n) is 13.5. The van der Waals surface area contributed by atoms with Crippen LogP contribution < -0.4 is 0 Å². The third-order valence-electron chi connectivity index (χ3n) is 4.39. The molecule has 6 nitrogen and oxygen atoms in total. The number of morpholine rings is 1. The fourth-order valence-corrected chi connectivity index (χ4v) is 3.55. The van der Waals surface area contributed by atoms with Gasteiger partial charge in [-0.25, -0.2) is 9.97 Å². The van der Waals surface area contributed by atoms with E-state index in [1.54, 1.807) is 6.33 Å². The topological polar surface area (TPSA) is 61.7 Å². The molecule has 0 aliphatic carbocycles. The monoisotopic (exact) mass is 306 g/mol. The van der Waals surface area contributed by atoms with E-state index in [0.717, 1.165) is 38.3 Å². The summed E-state index contributed by atoms with van der Waals surface area (Å²) >= 11 is 0.